The van der Waals surface area contributed by atoms with E-state index < -0.39 is 5.91 Å². The van der Waals surface area contributed by atoms with Gasteiger partial charge in [0.25, 0.3) is 0 Å². The van der Waals surface area contributed by atoms with Crippen molar-refractivity contribution in [1.82, 2.24) is 14.4 Å². The van der Waals surface area contributed by atoms with Gasteiger partial charge < -0.3 is 11.1 Å². The van der Waals surface area contributed by atoms with E-state index in [1.807, 2.05) is 22.7 Å². The first kappa shape index (κ1) is 15.0. The Morgan fingerprint density at radius 3 is 2.91 bits per heavy atom. The maximum absolute atomic E-state index is 11.4. The van der Waals surface area contributed by atoms with Crippen LogP contribution in [0.5, 0.6) is 0 Å². The molecule has 0 bridgehead atoms. The SMILES string of the molecule is CC(C)CNc1nccn2c(-c3cccc(C(N)=O)c3)cnc12. The van der Waals surface area contributed by atoms with Crippen molar-refractivity contribution in [1.29, 1.82) is 0 Å². The summed E-state index contributed by atoms with van der Waals surface area (Å²) in [6.45, 7) is 5.10. The Balaban J connectivity index is 2.04. The average molecular weight is 309 g/mol. The fourth-order valence-electron chi connectivity index (χ4n) is 2.39. The lowest BCUT2D eigenvalue weighted by Gasteiger charge is -2.09. The summed E-state index contributed by atoms with van der Waals surface area (Å²) < 4.78 is 1.95. The number of benzene rings is 1. The number of nitrogens with one attached hydrogen (secondary N) is 1. The second-order valence-corrected chi connectivity index (χ2v) is 5.83. The third-order valence-corrected chi connectivity index (χ3v) is 3.55. The highest BCUT2D eigenvalue weighted by atomic mass is 16.1. The Bertz CT molecular complexity index is 853. The molecular formula is C17H19N5O. The molecule has 23 heavy (non-hydrogen) atoms. The second-order valence-electron chi connectivity index (χ2n) is 5.83. The number of rotatable bonds is 5. The summed E-state index contributed by atoms with van der Waals surface area (Å²) >= 11 is 0. The van der Waals surface area contributed by atoms with Crippen LogP contribution in [0.2, 0.25) is 0 Å². The van der Waals surface area contributed by atoms with Gasteiger partial charge in [-0.05, 0) is 18.1 Å². The van der Waals surface area contributed by atoms with E-state index in [2.05, 4.69) is 29.1 Å². The van der Waals surface area contributed by atoms with Gasteiger partial charge in [0.1, 0.15) is 0 Å². The molecule has 0 fully saturated rings. The predicted octanol–water partition coefficient (Wildman–Crippen LogP) is 2.56. The zero-order valence-electron chi connectivity index (χ0n) is 13.2. The number of primary amides is 1. The third-order valence-electron chi connectivity index (χ3n) is 3.55. The fraction of sp³-hybridized carbons (Fsp3) is 0.235. The number of nitrogens with zero attached hydrogens (tertiary/aromatic N) is 3. The van der Waals surface area contributed by atoms with Crippen LogP contribution in [0.4, 0.5) is 5.82 Å². The topological polar surface area (TPSA) is 85.3 Å². The van der Waals surface area contributed by atoms with Gasteiger partial charge in [0, 0.05) is 30.1 Å². The van der Waals surface area contributed by atoms with Crippen molar-refractivity contribution in [3.05, 3.63) is 48.4 Å². The Morgan fingerprint density at radius 2 is 2.17 bits per heavy atom. The molecule has 2 heterocycles. The standard InChI is InChI=1S/C17H19N5O/c1-11(2)9-20-16-17-21-10-14(22(17)7-6-19-16)12-4-3-5-13(8-12)15(18)23/h3-8,10-11H,9H2,1-2H3,(H2,18,23)(H,19,20). The van der Waals surface area contributed by atoms with Crippen molar-refractivity contribution < 1.29 is 4.79 Å². The molecule has 118 valence electrons. The van der Waals surface area contributed by atoms with E-state index in [-0.39, 0.29) is 0 Å². The number of aromatic nitrogens is 3. The van der Waals surface area contributed by atoms with E-state index in [1.165, 1.54) is 0 Å². The lowest BCUT2D eigenvalue weighted by Crippen LogP contribution is -2.11. The fourth-order valence-corrected chi connectivity index (χ4v) is 2.39. The zero-order chi connectivity index (χ0) is 16.4. The molecule has 3 N–H and O–H groups in total. The molecule has 0 unspecified atom stereocenters. The monoisotopic (exact) mass is 309 g/mol. The van der Waals surface area contributed by atoms with Gasteiger partial charge in [-0.1, -0.05) is 26.0 Å². The minimum absolute atomic E-state index is 0.443. The number of fused-ring (bicyclic) bond motifs is 1. The molecule has 2 aromatic heterocycles. The van der Waals surface area contributed by atoms with E-state index in [4.69, 9.17) is 5.73 Å². The minimum atomic E-state index is -0.443. The highest BCUT2D eigenvalue weighted by Gasteiger charge is 2.11. The van der Waals surface area contributed by atoms with E-state index in [0.717, 1.165) is 29.3 Å². The molecule has 3 aromatic rings. The summed E-state index contributed by atoms with van der Waals surface area (Å²) in [4.78, 5) is 20.2. The summed E-state index contributed by atoms with van der Waals surface area (Å²) in [6.07, 6.45) is 5.37. The summed E-state index contributed by atoms with van der Waals surface area (Å²) in [6, 6.07) is 7.21. The van der Waals surface area contributed by atoms with Gasteiger partial charge in [0.05, 0.1) is 11.9 Å². The van der Waals surface area contributed by atoms with E-state index >= 15 is 0 Å². The van der Waals surface area contributed by atoms with Crippen LogP contribution in [0, 0.1) is 5.92 Å². The molecule has 0 atom stereocenters. The van der Waals surface area contributed by atoms with Crippen LogP contribution in [-0.2, 0) is 0 Å². The first-order chi connectivity index (χ1) is 11.1. The maximum atomic E-state index is 11.4. The summed E-state index contributed by atoms with van der Waals surface area (Å²) in [7, 11) is 0. The molecule has 0 aliphatic carbocycles. The molecule has 3 rings (SSSR count). The van der Waals surface area contributed by atoms with Crippen LogP contribution in [0.1, 0.15) is 24.2 Å². The summed E-state index contributed by atoms with van der Waals surface area (Å²) in [5.74, 6) is 0.818. The Labute approximate surface area is 134 Å². The quantitative estimate of drug-likeness (QED) is 0.758. The van der Waals surface area contributed by atoms with E-state index in [1.54, 1.807) is 24.5 Å². The normalized spacial score (nSPS) is 11.1. The second kappa shape index (κ2) is 6.08. The van der Waals surface area contributed by atoms with Crippen LogP contribution >= 0.6 is 0 Å². The van der Waals surface area contributed by atoms with Crippen LogP contribution in [0.15, 0.2) is 42.9 Å². The smallest absolute Gasteiger partial charge is 0.248 e. The van der Waals surface area contributed by atoms with Crippen molar-refractivity contribution in [3.8, 4) is 11.3 Å². The molecule has 1 amide bonds. The number of anilines is 1. The molecule has 0 radical (unpaired) electrons. The molecule has 6 nitrogen and oxygen atoms in total. The summed E-state index contributed by atoms with van der Waals surface area (Å²) in [5, 5.41) is 3.31. The molecule has 0 spiro atoms. The number of nitrogens with two attached hydrogens (primary N) is 1. The highest BCUT2D eigenvalue weighted by Crippen LogP contribution is 2.24. The van der Waals surface area contributed by atoms with Gasteiger partial charge in [0.15, 0.2) is 11.5 Å². The van der Waals surface area contributed by atoms with E-state index in [0.29, 0.717) is 11.5 Å². The van der Waals surface area contributed by atoms with Crippen molar-refractivity contribution in [2.75, 3.05) is 11.9 Å². The van der Waals surface area contributed by atoms with Gasteiger partial charge in [-0.3, -0.25) is 9.20 Å². The van der Waals surface area contributed by atoms with Gasteiger partial charge in [-0.2, -0.15) is 0 Å². The van der Waals surface area contributed by atoms with Gasteiger partial charge in [-0.25, -0.2) is 9.97 Å². The number of hydrogen-bond donors (Lipinski definition) is 2. The Hall–Kier alpha value is -2.89. The lowest BCUT2D eigenvalue weighted by atomic mass is 10.1. The van der Waals surface area contributed by atoms with Gasteiger partial charge in [-0.15, -0.1) is 0 Å². The van der Waals surface area contributed by atoms with Crippen molar-refractivity contribution in [3.63, 3.8) is 0 Å². The van der Waals surface area contributed by atoms with Gasteiger partial charge >= 0.3 is 0 Å². The first-order valence-corrected chi connectivity index (χ1v) is 7.52. The number of carbonyl (C=O) groups excluding carboxylic acids is 1. The molecule has 0 aliphatic rings. The zero-order valence-corrected chi connectivity index (χ0v) is 13.2. The molecule has 0 aliphatic heterocycles. The predicted molar refractivity (Wildman–Crippen MR) is 90.3 cm³/mol. The number of imidazole rings is 1. The third kappa shape index (κ3) is 3.01. The number of carbonyl (C=O) groups is 1. The Kier molecular flexibility index (Phi) is 3.97. The van der Waals surface area contributed by atoms with Crippen molar-refractivity contribution >= 4 is 17.4 Å². The minimum Gasteiger partial charge on any atom is -0.367 e. The summed E-state index contributed by atoms with van der Waals surface area (Å²) in [5.41, 5.74) is 8.36. The largest absolute Gasteiger partial charge is 0.367 e. The van der Waals surface area contributed by atoms with Crippen LogP contribution in [0.25, 0.3) is 16.9 Å². The highest BCUT2D eigenvalue weighted by molar-refractivity contribution is 5.94. The molecule has 1 aromatic carbocycles. The average Bonchev–Trinajstić information content (AvgIpc) is 2.97. The molecule has 6 heteroatoms. The lowest BCUT2D eigenvalue weighted by molar-refractivity contribution is 0.100. The van der Waals surface area contributed by atoms with Gasteiger partial charge in [0.2, 0.25) is 5.91 Å². The number of hydrogen-bond acceptors (Lipinski definition) is 4. The van der Waals surface area contributed by atoms with Crippen LogP contribution in [-0.4, -0.2) is 26.8 Å². The molecular weight excluding hydrogens is 290 g/mol. The van der Waals surface area contributed by atoms with Crippen molar-refractivity contribution in [2.45, 2.75) is 13.8 Å². The van der Waals surface area contributed by atoms with Crippen LogP contribution in [0.3, 0.4) is 0 Å². The Morgan fingerprint density at radius 1 is 1.35 bits per heavy atom. The maximum Gasteiger partial charge on any atom is 0.248 e. The molecule has 0 saturated carbocycles. The van der Waals surface area contributed by atoms with Crippen LogP contribution < -0.4 is 11.1 Å². The first-order valence-electron chi connectivity index (χ1n) is 7.52. The van der Waals surface area contributed by atoms with Crippen molar-refractivity contribution in [2.24, 2.45) is 11.7 Å². The number of amides is 1. The molecule has 0 saturated heterocycles. The van der Waals surface area contributed by atoms with E-state index in [9.17, 15) is 4.79 Å².